The number of esters is 1. The fourth-order valence-electron chi connectivity index (χ4n) is 2.17. The standard InChI is InChI=1S/C16H19N3O5/c1-3-16(2)14(22)19(15(23)18-16)9-13(21)24-10-12(20)17-11-7-5-4-6-8-11/h4-8H,3,9-10H2,1-2H3,(H,17,20)(H,18,23)/t16-/m1/s1. The number of nitrogens with zero attached hydrogens (tertiary/aromatic N) is 1. The molecule has 0 aliphatic carbocycles. The predicted octanol–water partition coefficient (Wildman–Crippen LogP) is 0.889. The first-order valence-corrected chi connectivity index (χ1v) is 7.50. The van der Waals surface area contributed by atoms with Gasteiger partial charge in [-0.15, -0.1) is 0 Å². The van der Waals surface area contributed by atoms with E-state index in [1.807, 2.05) is 0 Å². The number of nitrogens with one attached hydrogen (secondary N) is 2. The number of para-hydroxylation sites is 1. The van der Waals surface area contributed by atoms with E-state index in [-0.39, 0.29) is 0 Å². The van der Waals surface area contributed by atoms with Gasteiger partial charge in [-0.3, -0.25) is 19.3 Å². The highest BCUT2D eigenvalue weighted by atomic mass is 16.5. The number of amides is 4. The summed E-state index contributed by atoms with van der Waals surface area (Å²) in [6, 6.07) is 8.05. The largest absolute Gasteiger partial charge is 0.454 e. The Balaban J connectivity index is 1.82. The molecule has 0 aromatic heterocycles. The molecule has 4 amide bonds. The maximum Gasteiger partial charge on any atom is 0.326 e. The molecular weight excluding hydrogens is 314 g/mol. The molecule has 8 heteroatoms. The van der Waals surface area contributed by atoms with Crippen LogP contribution in [0.4, 0.5) is 10.5 Å². The molecule has 0 bridgehead atoms. The van der Waals surface area contributed by atoms with Gasteiger partial charge in [-0.05, 0) is 25.5 Å². The lowest BCUT2D eigenvalue weighted by Crippen LogP contribution is -2.43. The summed E-state index contributed by atoms with van der Waals surface area (Å²) in [7, 11) is 0. The van der Waals surface area contributed by atoms with Gasteiger partial charge in [0.05, 0.1) is 0 Å². The third-order valence-electron chi connectivity index (χ3n) is 3.76. The van der Waals surface area contributed by atoms with Crippen molar-refractivity contribution in [1.29, 1.82) is 0 Å². The van der Waals surface area contributed by atoms with Crippen LogP contribution in [0.15, 0.2) is 30.3 Å². The van der Waals surface area contributed by atoms with Gasteiger partial charge in [0.1, 0.15) is 12.1 Å². The molecule has 0 radical (unpaired) electrons. The molecule has 1 aliphatic heterocycles. The number of urea groups is 1. The second kappa shape index (κ2) is 7.12. The summed E-state index contributed by atoms with van der Waals surface area (Å²) in [5.41, 5.74) is -0.437. The van der Waals surface area contributed by atoms with Crippen LogP contribution in [0.5, 0.6) is 0 Å². The minimum atomic E-state index is -1.01. The monoisotopic (exact) mass is 333 g/mol. The van der Waals surface area contributed by atoms with E-state index in [1.165, 1.54) is 0 Å². The van der Waals surface area contributed by atoms with E-state index in [0.717, 1.165) is 4.90 Å². The normalized spacial score (nSPS) is 19.8. The van der Waals surface area contributed by atoms with E-state index in [1.54, 1.807) is 44.2 Å². The molecule has 128 valence electrons. The van der Waals surface area contributed by atoms with Gasteiger partial charge in [0.25, 0.3) is 11.8 Å². The minimum Gasteiger partial charge on any atom is -0.454 e. The molecule has 1 aromatic rings. The van der Waals surface area contributed by atoms with E-state index in [9.17, 15) is 19.2 Å². The summed E-state index contributed by atoms with van der Waals surface area (Å²) < 4.78 is 4.81. The second-order valence-electron chi connectivity index (χ2n) is 5.58. The lowest BCUT2D eigenvalue weighted by atomic mass is 9.99. The third-order valence-corrected chi connectivity index (χ3v) is 3.76. The highest BCUT2D eigenvalue weighted by Gasteiger charge is 2.47. The molecule has 1 aromatic carbocycles. The van der Waals surface area contributed by atoms with Gasteiger partial charge in [-0.25, -0.2) is 4.79 Å². The average molecular weight is 333 g/mol. The van der Waals surface area contributed by atoms with E-state index in [0.29, 0.717) is 12.1 Å². The van der Waals surface area contributed by atoms with Crippen LogP contribution in [0.2, 0.25) is 0 Å². The number of hydrogen-bond donors (Lipinski definition) is 2. The Hall–Kier alpha value is -2.90. The lowest BCUT2D eigenvalue weighted by Gasteiger charge is -2.18. The third kappa shape index (κ3) is 3.89. The topological polar surface area (TPSA) is 105 Å². The molecule has 2 rings (SSSR count). The Morgan fingerprint density at radius 1 is 1.25 bits per heavy atom. The maximum atomic E-state index is 12.1. The molecule has 1 aliphatic rings. The van der Waals surface area contributed by atoms with Crippen molar-refractivity contribution in [1.82, 2.24) is 10.2 Å². The van der Waals surface area contributed by atoms with Crippen molar-refractivity contribution in [2.75, 3.05) is 18.5 Å². The zero-order valence-electron chi connectivity index (χ0n) is 13.5. The summed E-state index contributed by atoms with van der Waals surface area (Å²) in [5.74, 6) is -1.83. The van der Waals surface area contributed by atoms with Crippen molar-refractivity contribution in [3.05, 3.63) is 30.3 Å². The molecule has 1 fully saturated rings. The van der Waals surface area contributed by atoms with Gasteiger partial charge < -0.3 is 15.4 Å². The van der Waals surface area contributed by atoms with E-state index in [4.69, 9.17) is 4.74 Å². The molecule has 1 atom stereocenters. The average Bonchev–Trinajstić information content (AvgIpc) is 2.78. The number of benzene rings is 1. The molecule has 1 heterocycles. The second-order valence-corrected chi connectivity index (χ2v) is 5.58. The fourth-order valence-corrected chi connectivity index (χ4v) is 2.17. The Bertz CT molecular complexity index is 661. The molecular formula is C16H19N3O5. The zero-order valence-corrected chi connectivity index (χ0v) is 13.5. The number of ether oxygens (including phenoxy) is 1. The number of anilines is 1. The van der Waals surface area contributed by atoms with Crippen LogP contribution in [0, 0.1) is 0 Å². The van der Waals surface area contributed by atoms with Gasteiger partial charge in [0.15, 0.2) is 6.61 Å². The zero-order chi connectivity index (χ0) is 17.7. The van der Waals surface area contributed by atoms with E-state index < -0.39 is 42.5 Å². The van der Waals surface area contributed by atoms with Gasteiger partial charge >= 0.3 is 12.0 Å². The molecule has 1 saturated heterocycles. The Morgan fingerprint density at radius 2 is 1.92 bits per heavy atom. The Morgan fingerprint density at radius 3 is 2.50 bits per heavy atom. The molecule has 0 saturated carbocycles. The summed E-state index contributed by atoms with van der Waals surface area (Å²) >= 11 is 0. The first-order chi connectivity index (χ1) is 11.4. The lowest BCUT2D eigenvalue weighted by molar-refractivity contribution is -0.150. The van der Waals surface area contributed by atoms with Crippen molar-refractivity contribution in [3.63, 3.8) is 0 Å². The minimum absolute atomic E-state index is 0.405. The van der Waals surface area contributed by atoms with Gasteiger partial charge in [0.2, 0.25) is 0 Å². The van der Waals surface area contributed by atoms with Gasteiger partial charge in [-0.1, -0.05) is 25.1 Å². The van der Waals surface area contributed by atoms with Gasteiger partial charge in [-0.2, -0.15) is 0 Å². The van der Waals surface area contributed by atoms with Crippen molar-refractivity contribution in [2.45, 2.75) is 25.8 Å². The van der Waals surface area contributed by atoms with Crippen LogP contribution in [-0.4, -0.2) is 47.4 Å². The molecule has 0 spiro atoms. The van der Waals surface area contributed by atoms with Crippen LogP contribution in [0.3, 0.4) is 0 Å². The maximum absolute atomic E-state index is 12.1. The van der Waals surface area contributed by atoms with Crippen LogP contribution >= 0.6 is 0 Å². The molecule has 2 N–H and O–H groups in total. The van der Waals surface area contributed by atoms with Crippen molar-refractivity contribution in [3.8, 4) is 0 Å². The quantitative estimate of drug-likeness (QED) is 0.594. The fraction of sp³-hybridized carbons (Fsp3) is 0.375. The summed E-state index contributed by atoms with van der Waals surface area (Å²) in [6.07, 6.45) is 0.405. The number of rotatable bonds is 6. The summed E-state index contributed by atoms with van der Waals surface area (Å²) in [5, 5.41) is 5.09. The van der Waals surface area contributed by atoms with Crippen molar-refractivity contribution in [2.24, 2.45) is 0 Å². The number of imide groups is 1. The summed E-state index contributed by atoms with van der Waals surface area (Å²) in [6.45, 7) is 2.32. The number of hydrogen-bond acceptors (Lipinski definition) is 5. The molecule has 24 heavy (non-hydrogen) atoms. The Kier molecular flexibility index (Phi) is 5.18. The highest BCUT2D eigenvalue weighted by molar-refractivity contribution is 6.08. The number of carbonyl (C=O) groups is 4. The van der Waals surface area contributed by atoms with E-state index in [2.05, 4.69) is 10.6 Å². The first kappa shape index (κ1) is 17.5. The molecule has 8 nitrogen and oxygen atoms in total. The predicted molar refractivity (Wildman–Crippen MR) is 85.0 cm³/mol. The van der Waals surface area contributed by atoms with Gasteiger partial charge in [0, 0.05) is 5.69 Å². The first-order valence-electron chi connectivity index (χ1n) is 7.50. The van der Waals surface area contributed by atoms with Crippen LogP contribution in [-0.2, 0) is 19.1 Å². The SMILES string of the molecule is CC[C@@]1(C)NC(=O)N(CC(=O)OCC(=O)Nc2ccccc2)C1=O. The van der Waals surface area contributed by atoms with Crippen LogP contribution in [0.25, 0.3) is 0 Å². The smallest absolute Gasteiger partial charge is 0.326 e. The number of carbonyl (C=O) groups excluding carboxylic acids is 4. The van der Waals surface area contributed by atoms with Crippen molar-refractivity contribution >= 4 is 29.5 Å². The highest BCUT2D eigenvalue weighted by Crippen LogP contribution is 2.20. The van der Waals surface area contributed by atoms with Crippen LogP contribution < -0.4 is 10.6 Å². The van der Waals surface area contributed by atoms with E-state index >= 15 is 0 Å². The Labute approximate surface area is 139 Å². The molecule has 0 unspecified atom stereocenters. The van der Waals surface area contributed by atoms with Crippen molar-refractivity contribution < 1.29 is 23.9 Å². The van der Waals surface area contributed by atoms with Crippen LogP contribution in [0.1, 0.15) is 20.3 Å². The summed E-state index contributed by atoms with van der Waals surface area (Å²) in [4.78, 5) is 48.2.